The summed E-state index contributed by atoms with van der Waals surface area (Å²) in [6.45, 7) is 1.26. The number of nitrogens with zero attached hydrogens (tertiary/aromatic N) is 2. The maximum Gasteiger partial charge on any atom is 0.346 e. The summed E-state index contributed by atoms with van der Waals surface area (Å²) in [6, 6.07) is 18.3. The summed E-state index contributed by atoms with van der Waals surface area (Å²) in [7, 11) is 1.15. The normalized spacial score (nSPS) is 18.3. The van der Waals surface area contributed by atoms with E-state index in [2.05, 4.69) is 15.2 Å². The second-order valence-electron chi connectivity index (χ2n) is 8.94. The molecule has 1 N–H and O–H groups in total. The van der Waals surface area contributed by atoms with Gasteiger partial charge in [-0.2, -0.15) is 0 Å². The number of oxime groups is 1. The Kier molecular flexibility index (Phi) is 10.1. The van der Waals surface area contributed by atoms with Gasteiger partial charge in [-0.15, -0.1) is 23.4 Å². The number of β-lactam (4-membered cyclic amide) rings is 1. The van der Waals surface area contributed by atoms with Gasteiger partial charge in [-0.05, 0) is 35.8 Å². The van der Waals surface area contributed by atoms with Crippen LogP contribution in [0, 0.1) is 0 Å². The average molecular weight is 616 g/mol. The first-order valence-corrected chi connectivity index (χ1v) is 14.4. The molecule has 214 valence electrons. The van der Waals surface area contributed by atoms with Crippen LogP contribution >= 0.6 is 35.6 Å². The number of esters is 1. The van der Waals surface area contributed by atoms with Crippen molar-refractivity contribution in [1.29, 1.82) is 0 Å². The molecule has 13 heteroatoms. The van der Waals surface area contributed by atoms with Crippen LogP contribution in [-0.2, 0) is 33.5 Å². The number of thioether (sulfide) groups is 1. The molecule has 0 spiro atoms. The first-order chi connectivity index (χ1) is 19.8. The minimum Gasteiger partial charge on any atom is -0.469 e. The van der Waals surface area contributed by atoms with Gasteiger partial charge < -0.3 is 19.6 Å². The van der Waals surface area contributed by atoms with Crippen LogP contribution in [0.5, 0.6) is 0 Å². The molecule has 2 amide bonds. The lowest BCUT2D eigenvalue weighted by atomic mass is 10.0. The molecule has 1 saturated heterocycles. The summed E-state index contributed by atoms with van der Waals surface area (Å²) in [5.41, 5.74) is 2.45. The number of rotatable bonds is 11. The predicted molar refractivity (Wildman–Crippen MR) is 157 cm³/mol. The Morgan fingerprint density at radius 3 is 2.29 bits per heavy atom. The molecule has 2 aliphatic heterocycles. The molecule has 2 heterocycles. The number of halogens is 1. The van der Waals surface area contributed by atoms with Crippen molar-refractivity contribution in [3.8, 4) is 0 Å². The van der Waals surface area contributed by atoms with Crippen molar-refractivity contribution in [2.24, 2.45) is 5.16 Å². The summed E-state index contributed by atoms with van der Waals surface area (Å²) in [4.78, 5) is 56.0. The fourth-order valence-corrected chi connectivity index (χ4v) is 6.00. The first kappa shape index (κ1) is 30.2. The van der Waals surface area contributed by atoms with Crippen molar-refractivity contribution in [1.82, 2.24) is 10.2 Å². The number of hydrogen-bond acceptors (Lipinski definition) is 10. The Balaban J connectivity index is 1.50. The second kappa shape index (κ2) is 13.7. The maximum atomic E-state index is 13.3. The number of fused-ring (bicyclic) bond motifs is 1. The molecule has 0 saturated carbocycles. The monoisotopic (exact) mass is 615 g/mol. The molecule has 0 radical (unpaired) electrons. The highest BCUT2D eigenvalue weighted by atomic mass is 35.5. The Morgan fingerprint density at radius 2 is 1.73 bits per heavy atom. The topological polar surface area (TPSA) is 124 Å². The van der Waals surface area contributed by atoms with E-state index >= 15 is 0 Å². The number of thiocarbonyl (C=S) groups is 1. The lowest BCUT2D eigenvalue weighted by molar-refractivity contribution is -0.146. The molecule has 10 nitrogen and oxygen atoms in total. The van der Waals surface area contributed by atoms with Crippen molar-refractivity contribution < 1.29 is 33.5 Å². The number of ketones is 1. The number of benzene rings is 2. The highest BCUT2D eigenvalue weighted by Crippen LogP contribution is 2.41. The Bertz CT molecular complexity index is 1360. The van der Waals surface area contributed by atoms with Crippen LogP contribution < -0.4 is 5.32 Å². The molecule has 2 aliphatic rings. The quantitative estimate of drug-likeness (QED) is 0.0772. The molecule has 0 bridgehead atoms. The van der Waals surface area contributed by atoms with E-state index in [0.717, 1.165) is 23.8 Å². The van der Waals surface area contributed by atoms with E-state index < -0.39 is 59.3 Å². The minimum atomic E-state index is -0.966. The van der Waals surface area contributed by atoms with E-state index in [-0.39, 0.29) is 5.05 Å². The summed E-state index contributed by atoms with van der Waals surface area (Å²) in [5, 5.41) is 5.65. The molecule has 1 unspecified atom stereocenters. The Morgan fingerprint density at radius 1 is 1.12 bits per heavy atom. The Hall–Kier alpha value is -3.74. The number of alkyl halides is 1. The highest BCUT2D eigenvalue weighted by Gasteiger charge is 2.53. The van der Waals surface area contributed by atoms with Crippen LogP contribution in [0.4, 0.5) is 0 Å². The van der Waals surface area contributed by atoms with Gasteiger partial charge in [-0.3, -0.25) is 19.3 Å². The zero-order valence-corrected chi connectivity index (χ0v) is 24.5. The third kappa shape index (κ3) is 6.77. The SMILES string of the molecule is COC(=O)CON=C(C(=O)CCl)C(=O)NC1C(=O)N2C(C(=S)OC(c3ccccc3)c3ccccc3)=C(C)CS[C@H]12. The molecule has 41 heavy (non-hydrogen) atoms. The fourth-order valence-electron chi connectivity index (χ4n) is 4.21. The number of nitrogens with one attached hydrogen (secondary N) is 1. The van der Waals surface area contributed by atoms with E-state index in [1.54, 1.807) is 0 Å². The smallest absolute Gasteiger partial charge is 0.346 e. The molecule has 0 aromatic heterocycles. The van der Waals surface area contributed by atoms with Crippen molar-refractivity contribution in [2.45, 2.75) is 24.4 Å². The number of methoxy groups -OCH3 is 1. The Labute approximate surface area is 251 Å². The van der Waals surface area contributed by atoms with Crippen LogP contribution in [0.3, 0.4) is 0 Å². The number of Topliss-reactive ketones (excluding diaryl/α,β-unsaturated/α-hetero) is 1. The summed E-state index contributed by atoms with van der Waals surface area (Å²) in [6.07, 6.45) is -0.504. The minimum absolute atomic E-state index is 0.152. The van der Waals surface area contributed by atoms with Crippen molar-refractivity contribution in [3.05, 3.63) is 83.1 Å². The molecular weight excluding hydrogens is 590 g/mol. The van der Waals surface area contributed by atoms with E-state index in [4.69, 9.17) is 33.4 Å². The van der Waals surface area contributed by atoms with Gasteiger partial charge in [0.2, 0.25) is 23.2 Å². The highest BCUT2D eigenvalue weighted by molar-refractivity contribution is 8.00. The number of carbonyl (C=O) groups excluding carboxylic acids is 4. The molecule has 2 aromatic carbocycles. The van der Waals surface area contributed by atoms with E-state index in [1.807, 2.05) is 67.6 Å². The first-order valence-electron chi connectivity index (χ1n) is 12.4. The van der Waals surface area contributed by atoms with Crippen molar-refractivity contribution in [2.75, 3.05) is 25.3 Å². The molecule has 2 aromatic rings. The lowest BCUT2D eigenvalue weighted by Crippen LogP contribution is -2.71. The van der Waals surface area contributed by atoms with Gasteiger partial charge in [-0.25, -0.2) is 4.79 Å². The molecular formula is C28H26ClN3O7S2. The van der Waals surface area contributed by atoms with E-state index in [1.165, 1.54) is 16.7 Å². The molecule has 4 rings (SSSR count). The standard InChI is InChI=1S/C28H26ClN3O7S2/c1-16-15-41-27-22(30-25(35)21(19(33)13-29)31-38-14-20(34)37-2)26(36)32(27)23(16)28(40)39-24(17-9-5-3-6-10-17)18-11-7-4-8-12-18/h3-12,22,24,27H,13-15H2,1-2H3,(H,30,35)/t22?,27-/m1/s1. The van der Waals surface area contributed by atoms with Crippen LogP contribution in [0.25, 0.3) is 0 Å². The van der Waals surface area contributed by atoms with E-state index in [0.29, 0.717) is 11.4 Å². The van der Waals surface area contributed by atoms with Gasteiger partial charge in [0.25, 0.3) is 11.8 Å². The van der Waals surface area contributed by atoms with Crippen molar-refractivity contribution >= 4 is 69.9 Å². The van der Waals surface area contributed by atoms with Gasteiger partial charge >= 0.3 is 5.97 Å². The van der Waals surface area contributed by atoms with Crippen LogP contribution in [-0.4, -0.2) is 76.0 Å². The largest absolute Gasteiger partial charge is 0.469 e. The number of amides is 2. The third-order valence-corrected chi connectivity index (χ3v) is 8.19. The number of ether oxygens (including phenoxy) is 2. The van der Waals surface area contributed by atoms with Gasteiger partial charge in [0.15, 0.2) is 0 Å². The average Bonchev–Trinajstić information content (AvgIpc) is 3.00. The van der Waals surface area contributed by atoms with Crippen LogP contribution in [0.15, 0.2) is 77.1 Å². The maximum absolute atomic E-state index is 13.3. The summed E-state index contributed by atoms with van der Waals surface area (Å²) in [5.74, 6) is -3.01. The molecule has 1 fully saturated rings. The predicted octanol–water partition coefficient (Wildman–Crippen LogP) is 3.15. The second-order valence-corrected chi connectivity index (χ2v) is 10.7. The number of carbonyl (C=O) groups is 4. The summed E-state index contributed by atoms with van der Waals surface area (Å²) < 4.78 is 10.8. The number of hydrogen-bond donors (Lipinski definition) is 1. The molecule has 2 atom stereocenters. The van der Waals surface area contributed by atoms with Gasteiger partial charge in [0, 0.05) is 5.75 Å². The van der Waals surface area contributed by atoms with Crippen LogP contribution in [0.2, 0.25) is 0 Å². The third-order valence-electron chi connectivity index (χ3n) is 6.23. The summed E-state index contributed by atoms with van der Waals surface area (Å²) >= 11 is 12.8. The fraction of sp³-hybridized carbons (Fsp3) is 0.286. The van der Waals surface area contributed by atoms with Gasteiger partial charge in [0.1, 0.15) is 17.5 Å². The zero-order valence-electron chi connectivity index (χ0n) is 22.1. The van der Waals surface area contributed by atoms with Crippen LogP contribution in [0.1, 0.15) is 24.2 Å². The molecule has 0 aliphatic carbocycles. The van der Waals surface area contributed by atoms with Gasteiger partial charge in [-0.1, -0.05) is 65.8 Å². The zero-order chi connectivity index (χ0) is 29.5. The van der Waals surface area contributed by atoms with Gasteiger partial charge in [0.05, 0.1) is 18.7 Å². The lowest BCUT2D eigenvalue weighted by Gasteiger charge is -2.50. The van der Waals surface area contributed by atoms with Crippen molar-refractivity contribution in [3.63, 3.8) is 0 Å². The van der Waals surface area contributed by atoms with E-state index in [9.17, 15) is 19.2 Å².